The highest BCUT2D eigenvalue weighted by Gasteiger charge is 2.22. The van der Waals surface area contributed by atoms with Gasteiger partial charge in [0.05, 0.1) is 0 Å². The van der Waals surface area contributed by atoms with Gasteiger partial charge < -0.3 is 14.8 Å². The summed E-state index contributed by atoms with van der Waals surface area (Å²) in [5.74, 6) is 0.357. The van der Waals surface area contributed by atoms with Gasteiger partial charge in [0.25, 0.3) is 0 Å². The number of para-hydroxylation sites is 1. The molecule has 3 aromatic rings. The zero-order valence-corrected chi connectivity index (χ0v) is 17.3. The molecule has 1 aromatic carbocycles. The highest BCUT2D eigenvalue weighted by atomic mass is 32.1. The molecule has 1 aliphatic rings. The van der Waals surface area contributed by atoms with E-state index in [-0.39, 0.29) is 11.7 Å². The van der Waals surface area contributed by atoms with Crippen molar-refractivity contribution in [1.82, 2.24) is 20.1 Å². The molecule has 0 bridgehead atoms. The lowest BCUT2D eigenvalue weighted by molar-refractivity contribution is 0.0963. The Hall–Kier alpha value is -2.25. The van der Waals surface area contributed by atoms with Gasteiger partial charge in [-0.25, -0.2) is 0 Å². The summed E-state index contributed by atoms with van der Waals surface area (Å²) in [6.45, 7) is 9.39. The predicted octanol–water partition coefficient (Wildman–Crippen LogP) is 3.61. The number of benzene rings is 1. The zero-order valence-electron chi connectivity index (χ0n) is 16.5. The average molecular weight is 398 g/mol. The Morgan fingerprint density at radius 1 is 1.21 bits per heavy atom. The number of Topliss-reactive ketones (excluding diaryl/α,β-unsaturated/α-hetero) is 1. The lowest BCUT2D eigenvalue weighted by Gasteiger charge is -2.33. The van der Waals surface area contributed by atoms with E-state index in [1.54, 1.807) is 0 Å². The second-order valence-electron chi connectivity index (χ2n) is 7.61. The van der Waals surface area contributed by atoms with Crippen molar-refractivity contribution in [2.45, 2.75) is 26.7 Å². The molecule has 0 amide bonds. The SMILES string of the molecule is CCN1CCN(c2nnc(C(=O)CC(C)Cc3c[nH]c4ccccc34)s2)CC1. The van der Waals surface area contributed by atoms with Crippen LogP contribution in [0.5, 0.6) is 0 Å². The van der Waals surface area contributed by atoms with Crippen LogP contribution in [0.2, 0.25) is 0 Å². The standard InChI is InChI=1S/C21H27N5OS/c1-3-25-8-10-26(11-9-25)21-24-23-20(28-21)19(27)13-15(2)12-16-14-22-18-7-5-4-6-17(16)18/h4-7,14-15,22H,3,8-13H2,1-2H3. The normalized spacial score (nSPS) is 16.6. The maximum atomic E-state index is 12.7. The van der Waals surface area contributed by atoms with E-state index in [0.29, 0.717) is 11.4 Å². The molecule has 0 aliphatic carbocycles. The molecule has 0 spiro atoms. The van der Waals surface area contributed by atoms with Gasteiger partial charge in [-0.1, -0.05) is 43.4 Å². The number of aromatic amines is 1. The van der Waals surface area contributed by atoms with Crippen molar-refractivity contribution in [3.8, 4) is 0 Å². The number of hydrogen-bond acceptors (Lipinski definition) is 6. The predicted molar refractivity (Wildman–Crippen MR) is 114 cm³/mol. The molecule has 28 heavy (non-hydrogen) atoms. The smallest absolute Gasteiger partial charge is 0.208 e. The molecule has 0 saturated carbocycles. The van der Waals surface area contributed by atoms with Crippen LogP contribution in [0.1, 0.15) is 35.6 Å². The number of nitrogens with zero attached hydrogens (tertiary/aromatic N) is 4. The van der Waals surface area contributed by atoms with Crippen molar-refractivity contribution in [1.29, 1.82) is 0 Å². The molecule has 3 heterocycles. The highest BCUT2D eigenvalue weighted by molar-refractivity contribution is 7.17. The van der Waals surface area contributed by atoms with Crippen molar-refractivity contribution < 1.29 is 4.79 Å². The Kier molecular flexibility index (Phi) is 5.73. The van der Waals surface area contributed by atoms with E-state index >= 15 is 0 Å². The fourth-order valence-corrected chi connectivity index (χ4v) is 4.71. The Bertz CT molecular complexity index is 941. The molecule has 1 unspecified atom stereocenters. The molecule has 1 saturated heterocycles. The first-order chi connectivity index (χ1) is 13.6. The van der Waals surface area contributed by atoms with Crippen molar-refractivity contribution in [3.63, 3.8) is 0 Å². The molecule has 0 radical (unpaired) electrons. The topological polar surface area (TPSA) is 65.1 Å². The molecule has 148 valence electrons. The molecular formula is C21H27N5OS. The largest absolute Gasteiger partial charge is 0.361 e. The summed E-state index contributed by atoms with van der Waals surface area (Å²) < 4.78 is 0. The number of carbonyl (C=O) groups excluding carboxylic acids is 1. The van der Waals surface area contributed by atoms with Crippen LogP contribution in [-0.2, 0) is 6.42 Å². The van der Waals surface area contributed by atoms with Crippen LogP contribution < -0.4 is 4.90 Å². The number of aromatic nitrogens is 3. The summed E-state index contributed by atoms with van der Waals surface area (Å²) in [6, 6.07) is 8.30. The van der Waals surface area contributed by atoms with E-state index in [1.165, 1.54) is 22.3 Å². The monoisotopic (exact) mass is 397 g/mol. The number of piperazine rings is 1. The lowest BCUT2D eigenvalue weighted by atomic mass is 9.96. The quantitative estimate of drug-likeness (QED) is 0.617. The molecule has 4 rings (SSSR count). The number of nitrogens with one attached hydrogen (secondary N) is 1. The molecule has 2 aromatic heterocycles. The van der Waals surface area contributed by atoms with Gasteiger partial charge >= 0.3 is 0 Å². The van der Waals surface area contributed by atoms with Crippen LogP contribution in [0.15, 0.2) is 30.5 Å². The first-order valence-corrected chi connectivity index (χ1v) is 10.8. The Balaban J connectivity index is 1.35. The van der Waals surface area contributed by atoms with Gasteiger partial charge in [-0.3, -0.25) is 4.79 Å². The van der Waals surface area contributed by atoms with Crippen LogP contribution >= 0.6 is 11.3 Å². The molecule has 1 fully saturated rings. The minimum Gasteiger partial charge on any atom is -0.361 e. The molecular weight excluding hydrogens is 370 g/mol. The van der Waals surface area contributed by atoms with Crippen LogP contribution in [0, 0.1) is 5.92 Å². The van der Waals surface area contributed by atoms with Crippen molar-refractivity contribution in [2.75, 3.05) is 37.6 Å². The molecule has 6 nitrogen and oxygen atoms in total. The number of rotatable bonds is 7. The summed E-state index contributed by atoms with van der Waals surface area (Å²) in [5.41, 5.74) is 2.41. The first-order valence-electron chi connectivity index (χ1n) is 10.0. The maximum Gasteiger partial charge on any atom is 0.208 e. The van der Waals surface area contributed by atoms with Crippen molar-refractivity contribution in [2.24, 2.45) is 5.92 Å². The molecule has 7 heteroatoms. The lowest BCUT2D eigenvalue weighted by Crippen LogP contribution is -2.46. The van der Waals surface area contributed by atoms with Gasteiger partial charge in [-0.05, 0) is 30.5 Å². The van der Waals surface area contributed by atoms with Crippen LogP contribution in [0.4, 0.5) is 5.13 Å². The van der Waals surface area contributed by atoms with E-state index in [0.717, 1.165) is 49.8 Å². The summed E-state index contributed by atoms with van der Waals surface area (Å²) in [5, 5.41) is 11.1. The number of anilines is 1. The zero-order chi connectivity index (χ0) is 19.5. The number of carbonyl (C=O) groups is 1. The fraction of sp³-hybridized carbons (Fsp3) is 0.476. The van der Waals surface area contributed by atoms with Gasteiger partial charge in [-0.2, -0.15) is 0 Å². The number of H-pyrrole nitrogens is 1. The second-order valence-corrected chi connectivity index (χ2v) is 8.56. The Morgan fingerprint density at radius 2 is 2.00 bits per heavy atom. The number of hydrogen-bond donors (Lipinski definition) is 1. The Morgan fingerprint density at radius 3 is 2.79 bits per heavy atom. The van der Waals surface area contributed by atoms with E-state index in [9.17, 15) is 4.79 Å². The average Bonchev–Trinajstić information content (AvgIpc) is 3.36. The van der Waals surface area contributed by atoms with E-state index in [4.69, 9.17) is 0 Å². The van der Waals surface area contributed by atoms with Gasteiger partial charge in [0.1, 0.15) is 0 Å². The van der Waals surface area contributed by atoms with E-state index < -0.39 is 0 Å². The van der Waals surface area contributed by atoms with Gasteiger partial charge in [-0.15, -0.1) is 10.2 Å². The third kappa shape index (κ3) is 4.10. The van der Waals surface area contributed by atoms with Crippen LogP contribution in [0.3, 0.4) is 0 Å². The number of ketones is 1. The second kappa shape index (κ2) is 8.41. The summed E-state index contributed by atoms with van der Waals surface area (Å²) >= 11 is 1.44. The molecule has 1 aliphatic heterocycles. The fourth-order valence-electron chi connectivity index (χ4n) is 3.86. The highest BCUT2D eigenvalue weighted by Crippen LogP contribution is 2.26. The van der Waals surface area contributed by atoms with Crippen LogP contribution in [-0.4, -0.2) is 58.6 Å². The maximum absolute atomic E-state index is 12.7. The third-order valence-electron chi connectivity index (χ3n) is 5.52. The van der Waals surface area contributed by atoms with Crippen LogP contribution in [0.25, 0.3) is 10.9 Å². The van der Waals surface area contributed by atoms with E-state index in [1.807, 2.05) is 6.07 Å². The Labute approximate surface area is 169 Å². The molecule has 1 N–H and O–H groups in total. The van der Waals surface area contributed by atoms with Gasteiger partial charge in [0.2, 0.25) is 5.13 Å². The molecule has 1 atom stereocenters. The minimum absolute atomic E-state index is 0.100. The van der Waals surface area contributed by atoms with Gasteiger partial charge in [0.15, 0.2) is 10.8 Å². The summed E-state index contributed by atoms with van der Waals surface area (Å²) in [6.07, 6.45) is 3.43. The third-order valence-corrected chi connectivity index (χ3v) is 6.55. The number of fused-ring (bicyclic) bond motifs is 1. The number of likely N-dealkylation sites (N-methyl/N-ethyl adjacent to an activating group) is 1. The van der Waals surface area contributed by atoms with Crippen molar-refractivity contribution in [3.05, 3.63) is 41.0 Å². The van der Waals surface area contributed by atoms with E-state index in [2.05, 4.69) is 63.2 Å². The van der Waals surface area contributed by atoms with Gasteiger partial charge in [0, 0.05) is 49.7 Å². The summed E-state index contributed by atoms with van der Waals surface area (Å²) in [7, 11) is 0. The summed E-state index contributed by atoms with van der Waals surface area (Å²) in [4.78, 5) is 20.7. The first kappa shape index (κ1) is 19.1. The minimum atomic E-state index is 0.100. The van der Waals surface area contributed by atoms with Crippen molar-refractivity contribution >= 4 is 33.2 Å².